The lowest BCUT2D eigenvalue weighted by molar-refractivity contribution is -0.117. The number of benzene rings is 1. The molecule has 0 spiro atoms. The van der Waals surface area contributed by atoms with Gasteiger partial charge in [0.1, 0.15) is 0 Å². The minimum Gasteiger partial charge on any atom is -0.325 e. The molecule has 0 aliphatic rings. The molecule has 0 heterocycles. The summed E-state index contributed by atoms with van der Waals surface area (Å²) in [5.74, 6) is -0.0907. The van der Waals surface area contributed by atoms with Crippen LogP contribution in [0, 0.1) is 0 Å². The van der Waals surface area contributed by atoms with Crippen LogP contribution in [-0.2, 0) is 9.59 Å². The lowest BCUT2D eigenvalue weighted by atomic mass is 10.2. The normalized spacial score (nSPS) is 10.3. The molecule has 5 nitrogen and oxygen atoms in total. The highest BCUT2D eigenvalue weighted by molar-refractivity contribution is 5.93. The Morgan fingerprint density at radius 2 is 1.67 bits per heavy atom. The zero-order chi connectivity index (χ0) is 13.7. The Bertz CT molecular complexity index is 426. The van der Waals surface area contributed by atoms with E-state index in [1.54, 1.807) is 41.1 Å². The summed E-state index contributed by atoms with van der Waals surface area (Å²) in [6.45, 7) is 1.85. The number of anilines is 2. The average molecular weight is 249 g/mol. The Morgan fingerprint density at radius 3 is 2.11 bits per heavy atom. The zero-order valence-electron chi connectivity index (χ0n) is 11.2. The van der Waals surface area contributed by atoms with Crippen molar-refractivity contribution in [2.75, 3.05) is 37.9 Å². The second-order valence-corrected chi connectivity index (χ2v) is 4.41. The van der Waals surface area contributed by atoms with Gasteiger partial charge < -0.3 is 15.1 Å². The van der Waals surface area contributed by atoms with Gasteiger partial charge in [-0.3, -0.25) is 9.59 Å². The lowest BCUT2D eigenvalue weighted by Gasteiger charge is -2.15. The number of nitrogens with zero attached hydrogens (tertiary/aromatic N) is 2. The van der Waals surface area contributed by atoms with Crippen LogP contribution in [0.15, 0.2) is 24.3 Å². The van der Waals surface area contributed by atoms with Gasteiger partial charge in [0.15, 0.2) is 0 Å². The molecule has 18 heavy (non-hydrogen) atoms. The molecule has 2 amide bonds. The van der Waals surface area contributed by atoms with Gasteiger partial charge in [-0.25, -0.2) is 0 Å². The Hall–Kier alpha value is -1.88. The van der Waals surface area contributed by atoms with Gasteiger partial charge in [0.05, 0.1) is 6.54 Å². The van der Waals surface area contributed by atoms with Crippen molar-refractivity contribution >= 4 is 23.2 Å². The number of hydrogen-bond acceptors (Lipinski definition) is 3. The number of carbonyl (C=O) groups is 2. The van der Waals surface area contributed by atoms with Gasteiger partial charge in [-0.05, 0) is 38.4 Å². The molecule has 1 N–H and O–H groups in total. The van der Waals surface area contributed by atoms with E-state index in [2.05, 4.69) is 5.32 Å². The van der Waals surface area contributed by atoms with E-state index >= 15 is 0 Å². The molecule has 0 aliphatic heterocycles. The fraction of sp³-hybridized carbons (Fsp3) is 0.385. The standard InChI is InChI=1S/C13H19N3O2/c1-10(17)16(4)12-7-5-11(6-8-12)14-13(18)9-15(2)3/h5-8H,9H2,1-4H3,(H,14,18). The molecule has 0 fully saturated rings. The van der Waals surface area contributed by atoms with Gasteiger partial charge in [-0.1, -0.05) is 0 Å². The third-order valence-electron chi connectivity index (χ3n) is 2.47. The lowest BCUT2D eigenvalue weighted by Crippen LogP contribution is -2.27. The summed E-state index contributed by atoms with van der Waals surface area (Å²) in [5, 5.41) is 2.78. The third kappa shape index (κ3) is 4.18. The first-order valence-electron chi connectivity index (χ1n) is 5.69. The van der Waals surface area contributed by atoms with Gasteiger partial charge in [0.2, 0.25) is 11.8 Å². The Balaban J connectivity index is 2.66. The molecule has 1 rings (SSSR count). The van der Waals surface area contributed by atoms with Crippen LogP contribution in [0.1, 0.15) is 6.92 Å². The molecular weight excluding hydrogens is 230 g/mol. The van der Waals surface area contributed by atoms with Crippen LogP contribution in [-0.4, -0.2) is 44.4 Å². The maximum absolute atomic E-state index is 11.5. The van der Waals surface area contributed by atoms with Gasteiger partial charge in [-0.2, -0.15) is 0 Å². The van der Waals surface area contributed by atoms with E-state index in [0.717, 1.165) is 11.4 Å². The van der Waals surface area contributed by atoms with Crippen LogP contribution in [0.3, 0.4) is 0 Å². The van der Waals surface area contributed by atoms with Crippen LogP contribution in [0.2, 0.25) is 0 Å². The van der Waals surface area contributed by atoms with E-state index in [0.29, 0.717) is 6.54 Å². The average Bonchev–Trinajstić information content (AvgIpc) is 2.27. The van der Waals surface area contributed by atoms with Crippen molar-refractivity contribution in [1.29, 1.82) is 0 Å². The number of nitrogens with one attached hydrogen (secondary N) is 1. The molecule has 0 aliphatic carbocycles. The zero-order valence-corrected chi connectivity index (χ0v) is 11.2. The van der Waals surface area contributed by atoms with E-state index in [1.165, 1.54) is 6.92 Å². The van der Waals surface area contributed by atoms with E-state index < -0.39 is 0 Å². The second kappa shape index (κ2) is 6.16. The van der Waals surface area contributed by atoms with Gasteiger partial charge >= 0.3 is 0 Å². The van der Waals surface area contributed by atoms with Crippen LogP contribution in [0.25, 0.3) is 0 Å². The molecule has 0 bridgehead atoms. The van der Waals surface area contributed by atoms with E-state index in [1.807, 2.05) is 14.1 Å². The summed E-state index contributed by atoms with van der Waals surface area (Å²) in [7, 11) is 5.39. The van der Waals surface area contributed by atoms with Gasteiger partial charge in [0, 0.05) is 25.3 Å². The number of likely N-dealkylation sites (N-methyl/N-ethyl adjacent to an activating group) is 1. The topological polar surface area (TPSA) is 52.7 Å². The van der Waals surface area contributed by atoms with Gasteiger partial charge in [-0.15, -0.1) is 0 Å². The van der Waals surface area contributed by atoms with Crippen molar-refractivity contribution in [1.82, 2.24) is 4.90 Å². The van der Waals surface area contributed by atoms with E-state index in [-0.39, 0.29) is 11.8 Å². The van der Waals surface area contributed by atoms with Crippen molar-refractivity contribution in [2.45, 2.75) is 6.92 Å². The van der Waals surface area contributed by atoms with Crippen LogP contribution >= 0.6 is 0 Å². The summed E-state index contributed by atoms with van der Waals surface area (Å²) in [4.78, 5) is 26.1. The molecule has 0 saturated carbocycles. The van der Waals surface area contributed by atoms with E-state index in [4.69, 9.17) is 0 Å². The highest BCUT2D eigenvalue weighted by Gasteiger charge is 2.06. The summed E-state index contributed by atoms with van der Waals surface area (Å²) in [6, 6.07) is 7.16. The largest absolute Gasteiger partial charge is 0.325 e. The summed E-state index contributed by atoms with van der Waals surface area (Å²) >= 11 is 0. The third-order valence-corrected chi connectivity index (χ3v) is 2.47. The number of amides is 2. The molecule has 0 unspecified atom stereocenters. The second-order valence-electron chi connectivity index (χ2n) is 4.41. The monoisotopic (exact) mass is 249 g/mol. The molecule has 5 heteroatoms. The summed E-state index contributed by atoms with van der Waals surface area (Å²) < 4.78 is 0. The van der Waals surface area contributed by atoms with Crippen molar-refractivity contribution in [3.05, 3.63) is 24.3 Å². The fourth-order valence-electron chi connectivity index (χ4n) is 1.44. The quantitative estimate of drug-likeness (QED) is 0.871. The molecule has 0 atom stereocenters. The maximum Gasteiger partial charge on any atom is 0.238 e. The molecular formula is C13H19N3O2. The van der Waals surface area contributed by atoms with Crippen LogP contribution < -0.4 is 10.2 Å². The number of rotatable bonds is 4. The first-order chi connectivity index (χ1) is 8.40. The van der Waals surface area contributed by atoms with E-state index in [9.17, 15) is 9.59 Å². The highest BCUT2D eigenvalue weighted by atomic mass is 16.2. The van der Waals surface area contributed by atoms with Crippen LogP contribution in [0.5, 0.6) is 0 Å². The highest BCUT2D eigenvalue weighted by Crippen LogP contribution is 2.16. The molecule has 0 aromatic heterocycles. The predicted octanol–water partition coefficient (Wildman–Crippen LogP) is 1.17. The molecule has 0 radical (unpaired) electrons. The molecule has 98 valence electrons. The Morgan fingerprint density at radius 1 is 1.11 bits per heavy atom. The predicted molar refractivity (Wildman–Crippen MR) is 72.7 cm³/mol. The SMILES string of the molecule is CC(=O)N(C)c1ccc(NC(=O)CN(C)C)cc1. The molecule has 1 aromatic carbocycles. The minimum absolute atomic E-state index is 0.0283. The van der Waals surface area contributed by atoms with Crippen molar-refractivity contribution in [3.63, 3.8) is 0 Å². The first kappa shape index (κ1) is 14.2. The van der Waals surface area contributed by atoms with Crippen LogP contribution in [0.4, 0.5) is 11.4 Å². The summed E-state index contributed by atoms with van der Waals surface area (Å²) in [6.07, 6.45) is 0. The minimum atomic E-state index is -0.0623. The van der Waals surface area contributed by atoms with Gasteiger partial charge in [0.25, 0.3) is 0 Å². The summed E-state index contributed by atoms with van der Waals surface area (Å²) in [5.41, 5.74) is 1.52. The Labute approximate surface area is 107 Å². The molecule has 1 aromatic rings. The number of carbonyl (C=O) groups excluding carboxylic acids is 2. The van der Waals surface area contributed by atoms with Crippen molar-refractivity contribution in [3.8, 4) is 0 Å². The Kier molecular flexibility index (Phi) is 4.85. The fourth-order valence-corrected chi connectivity index (χ4v) is 1.44. The first-order valence-corrected chi connectivity index (χ1v) is 5.69. The van der Waals surface area contributed by atoms with Crippen molar-refractivity contribution < 1.29 is 9.59 Å². The smallest absolute Gasteiger partial charge is 0.238 e. The molecule has 0 saturated heterocycles. The van der Waals surface area contributed by atoms with Crippen molar-refractivity contribution in [2.24, 2.45) is 0 Å². The maximum atomic E-state index is 11.5. The number of hydrogen-bond donors (Lipinski definition) is 1.